The number of carbonyl (C=O) groups excluding carboxylic acids is 2. The molecule has 0 spiro atoms. The summed E-state index contributed by atoms with van der Waals surface area (Å²) in [5.74, 6) is 2.80. The number of hydrogen-bond donors (Lipinski definition) is 0. The third-order valence-electron chi connectivity index (χ3n) is 8.35. The zero-order valence-electron chi connectivity index (χ0n) is 21.7. The highest BCUT2D eigenvalue weighted by molar-refractivity contribution is 6.33. The Morgan fingerprint density at radius 2 is 1.78 bits per heavy atom. The van der Waals surface area contributed by atoms with Crippen LogP contribution in [0.2, 0.25) is 0 Å². The molecule has 0 amide bonds. The number of benzene rings is 2. The van der Waals surface area contributed by atoms with Crippen molar-refractivity contribution in [3.8, 4) is 18.4 Å². The third-order valence-corrected chi connectivity index (χ3v) is 8.35. The van der Waals surface area contributed by atoms with Gasteiger partial charge in [-0.05, 0) is 73.7 Å². The molecule has 1 fully saturated rings. The van der Waals surface area contributed by atoms with Gasteiger partial charge in [-0.2, -0.15) is 5.26 Å². The van der Waals surface area contributed by atoms with E-state index in [0.29, 0.717) is 23.1 Å². The van der Waals surface area contributed by atoms with E-state index in [9.17, 15) is 14.9 Å². The maximum absolute atomic E-state index is 13.9. The maximum atomic E-state index is 13.9. The van der Waals surface area contributed by atoms with Gasteiger partial charge < -0.3 is 4.90 Å². The lowest BCUT2D eigenvalue weighted by Crippen LogP contribution is -2.54. The van der Waals surface area contributed by atoms with Crippen LogP contribution in [0.5, 0.6) is 0 Å². The zero-order valence-corrected chi connectivity index (χ0v) is 21.7. The zero-order chi connectivity index (χ0) is 26.0. The van der Waals surface area contributed by atoms with E-state index in [2.05, 4.69) is 55.6 Å². The Balaban J connectivity index is 1.57. The molecule has 0 unspecified atom stereocenters. The molecule has 0 atom stereocenters. The number of allylic oxidation sites excluding steroid dienone is 2. The summed E-state index contributed by atoms with van der Waals surface area (Å²) in [4.78, 5) is 31.2. The van der Waals surface area contributed by atoms with Gasteiger partial charge in [0.2, 0.25) is 0 Å². The van der Waals surface area contributed by atoms with E-state index < -0.39 is 0 Å². The molecular weight excluding hydrogens is 446 g/mol. The number of terminal acetylenes is 1. The Kier molecular flexibility index (Phi) is 5.47. The van der Waals surface area contributed by atoms with Gasteiger partial charge in [-0.15, -0.1) is 6.42 Å². The van der Waals surface area contributed by atoms with E-state index in [1.807, 2.05) is 18.2 Å². The van der Waals surface area contributed by atoms with E-state index in [0.717, 1.165) is 59.7 Å². The first-order valence-electron chi connectivity index (χ1n) is 12.5. The first-order valence-corrected chi connectivity index (χ1v) is 12.5. The second kappa shape index (κ2) is 8.19. The van der Waals surface area contributed by atoms with Gasteiger partial charge in [-0.3, -0.25) is 14.5 Å². The Hall–Kier alpha value is -3.67. The summed E-state index contributed by atoms with van der Waals surface area (Å²) in [6.07, 6.45) is 6.41. The molecule has 3 aliphatic rings. The number of hydrogen-bond acceptors (Lipinski definition) is 5. The molecule has 0 saturated carbocycles. The molecule has 1 saturated heterocycles. The Morgan fingerprint density at radius 3 is 2.39 bits per heavy atom. The highest BCUT2D eigenvalue weighted by Gasteiger charge is 2.44. The number of nitrogens with zero attached hydrogens (tertiary/aromatic N) is 3. The van der Waals surface area contributed by atoms with Crippen LogP contribution in [-0.2, 0) is 11.8 Å². The van der Waals surface area contributed by atoms with Gasteiger partial charge in [0.1, 0.15) is 0 Å². The van der Waals surface area contributed by atoms with E-state index in [-0.39, 0.29) is 22.5 Å². The van der Waals surface area contributed by atoms with Gasteiger partial charge in [0, 0.05) is 54.0 Å². The van der Waals surface area contributed by atoms with E-state index in [1.54, 1.807) is 13.0 Å². The second-order valence-electron chi connectivity index (χ2n) is 11.1. The number of nitriles is 1. The second-order valence-corrected chi connectivity index (χ2v) is 11.1. The maximum Gasteiger partial charge on any atom is 0.193 e. The molecule has 2 aromatic carbocycles. The van der Waals surface area contributed by atoms with E-state index in [4.69, 9.17) is 6.42 Å². The van der Waals surface area contributed by atoms with Crippen molar-refractivity contribution in [3.63, 3.8) is 0 Å². The lowest BCUT2D eigenvalue weighted by atomic mass is 9.68. The highest BCUT2D eigenvalue weighted by Crippen LogP contribution is 2.51. The quantitative estimate of drug-likeness (QED) is 0.470. The van der Waals surface area contributed by atoms with Crippen LogP contribution in [0.25, 0.3) is 5.57 Å². The molecule has 1 aliphatic heterocycles. The average molecular weight is 478 g/mol. The molecule has 0 aromatic heterocycles. The first-order chi connectivity index (χ1) is 17.0. The van der Waals surface area contributed by atoms with Crippen molar-refractivity contribution in [2.45, 2.75) is 52.0 Å². The van der Waals surface area contributed by atoms with Gasteiger partial charge in [0.05, 0.1) is 17.2 Å². The average Bonchev–Trinajstić information content (AvgIpc) is 3.27. The van der Waals surface area contributed by atoms with Crippen LogP contribution in [0.3, 0.4) is 0 Å². The summed E-state index contributed by atoms with van der Waals surface area (Å²) in [6.45, 7) is 13.1. The van der Waals surface area contributed by atoms with Gasteiger partial charge in [-0.25, -0.2) is 0 Å². The van der Waals surface area contributed by atoms with Crippen molar-refractivity contribution < 1.29 is 9.59 Å². The van der Waals surface area contributed by atoms with Gasteiger partial charge in [0.15, 0.2) is 11.6 Å². The summed E-state index contributed by atoms with van der Waals surface area (Å²) in [5.41, 5.74) is 6.71. The van der Waals surface area contributed by atoms with Gasteiger partial charge in [-0.1, -0.05) is 25.8 Å². The van der Waals surface area contributed by atoms with Crippen molar-refractivity contribution in [2.75, 3.05) is 31.1 Å². The number of rotatable bonds is 3. The molecule has 5 heteroatoms. The molecule has 2 aliphatic carbocycles. The van der Waals surface area contributed by atoms with E-state index in [1.165, 1.54) is 0 Å². The molecule has 0 bridgehead atoms. The lowest BCUT2D eigenvalue weighted by molar-refractivity contribution is 0.101. The van der Waals surface area contributed by atoms with Crippen molar-refractivity contribution in [1.29, 1.82) is 5.26 Å². The smallest absolute Gasteiger partial charge is 0.193 e. The SMILES string of the molecule is C#CC(C)(C)N1CCN(c2cc3c(cc2C(C)=O)C(=O)C2=C(Cc4cc(C#N)ccc42)C3(C)C)CC1. The van der Waals surface area contributed by atoms with Crippen LogP contribution in [0.4, 0.5) is 5.69 Å². The largest absolute Gasteiger partial charge is 0.368 e. The summed E-state index contributed by atoms with van der Waals surface area (Å²) < 4.78 is 0. The lowest BCUT2D eigenvalue weighted by Gasteiger charge is -2.43. The van der Waals surface area contributed by atoms with Crippen molar-refractivity contribution in [1.82, 2.24) is 4.90 Å². The normalized spacial score (nSPS) is 18.8. The van der Waals surface area contributed by atoms with Crippen molar-refractivity contribution in [3.05, 3.63) is 69.3 Å². The Morgan fingerprint density at radius 1 is 1.08 bits per heavy atom. The Bertz CT molecular complexity index is 1440. The van der Waals surface area contributed by atoms with Crippen molar-refractivity contribution in [2.24, 2.45) is 0 Å². The molecule has 2 aromatic rings. The molecular formula is C31H31N3O2. The van der Waals surface area contributed by atoms with Crippen LogP contribution < -0.4 is 4.90 Å². The van der Waals surface area contributed by atoms with Gasteiger partial charge >= 0.3 is 0 Å². The summed E-state index contributed by atoms with van der Waals surface area (Å²) in [7, 11) is 0. The fraction of sp³-hybridized carbons (Fsp3) is 0.387. The highest BCUT2D eigenvalue weighted by atomic mass is 16.1. The van der Waals surface area contributed by atoms with Crippen LogP contribution in [-0.4, -0.2) is 48.2 Å². The fourth-order valence-electron chi connectivity index (χ4n) is 6.02. The number of fused-ring (bicyclic) bond motifs is 3. The van der Waals surface area contributed by atoms with Gasteiger partial charge in [0.25, 0.3) is 0 Å². The predicted octanol–water partition coefficient (Wildman–Crippen LogP) is 4.78. The minimum Gasteiger partial charge on any atom is -0.368 e. The van der Waals surface area contributed by atoms with Crippen LogP contribution in [0.1, 0.15) is 77.6 Å². The molecule has 5 nitrogen and oxygen atoms in total. The molecule has 182 valence electrons. The molecule has 0 radical (unpaired) electrons. The number of piperazine rings is 1. The number of Topliss-reactive ketones (excluding diaryl/α,β-unsaturated/α-hetero) is 2. The van der Waals surface area contributed by atoms with Crippen molar-refractivity contribution >= 4 is 22.8 Å². The van der Waals surface area contributed by atoms with Crippen LogP contribution in [0, 0.1) is 23.7 Å². The molecule has 1 heterocycles. The van der Waals surface area contributed by atoms with Crippen LogP contribution in [0.15, 0.2) is 35.9 Å². The standard InChI is InChI=1S/C31H31N3O2/c1-7-30(3,4)34-12-10-33(11-13-34)27-17-25-24(16-23(27)19(2)35)29(36)28-22-9-8-20(18-32)14-21(22)15-26(28)31(25,5)6/h1,8-9,14,16-17H,10-13,15H2,2-6H3. The molecule has 5 rings (SSSR count). The monoisotopic (exact) mass is 477 g/mol. The predicted molar refractivity (Wildman–Crippen MR) is 142 cm³/mol. The summed E-state index contributed by atoms with van der Waals surface area (Å²) in [5, 5.41) is 9.36. The third kappa shape index (κ3) is 3.50. The van der Waals surface area contributed by atoms with Crippen LogP contribution >= 0.6 is 0 Å². The minimum absolute atomic E-state index is 0.0302. The fourth-order valence-corrected chi connectivity index (χ4v) is 6.02. The minimum atomic E-state index is -0.387. The molecule has 0 N–H and O–H groups in total. The number of anilines is 1. The first kappa shape index (κ1) is 24.0. The summed E-state index contributed by atoms with van der Waals surface area (Å²) >= 11 is 0. The topological polar surface area (TPSA) is 64.4 Å². The number of carbonyl (C=O) groups is 2. The molecule has 36 heavy (non-hydrogen) atoms. The summed E-state index contributed by atoms with van der Waals surface area (Å²) in [6, 6.07) is 11.7. The van der Waals surface area contributed by atoms with E-state index >= 15 is 0 Å². The number of ketones is 2. The Labute approximate surface area is 213 Å².